The Bertz CT molecular complexity index is 318. The highest BCUT2D eigenvalue weighted by atomic mass is 16.1. The predicted octanol–water partition coefficient (Wildman–Crippen LogP) is 1.12. The SMILES string of the molecule is CCC1=NC(=O)C#CC(=O)CCC1. The Labute approximate surface area is 77.2 Å². The van der Waals surface area contributed by atoms with Gasteiger partial charge in [0, 0.05) is 18.1 Å². The monoisotopic (exact) mass is 177 g/mol. The third-order valence-corrected chi connectivity index (χ3v) is 1.85. The summed E-state index contributed by atoms with van der Waals surface area (Å²) in [5.41, 5.74) is 0.842. The number of Topliss-reactive ketones (excluding diaryl/α,β-unsaturated/α-hetero) is 1. The number of hydrogen-bond donors (Lipinski definition) is 0. The van der Waals surface area contributed by atoms with Crippen molar-refractivity contribution in [1.29, 1.82) is 0 Å². The lowest BCUT2D eigenvalue weighted by Gasteiger charge is -1.98. The molecular formula is C10H11NO2. The van der Waals surface area contributed by atoms with E-state index in [2.05, 4.69) is 16.8 Å². The van der Waals surface area contributed by atoms with E-state index in [9.17, 15) is 9.59 Å². The molecule has 68 valence electrons. The van der Waals surface area contributed by atoms with E-state index in [1.54, 1.807) is 0 Å². The zero-order valence-electron chi connectivity index (χ0n) is 7.59. The number of carbonyl (C=O) groups excluding carboxylic acids is 2. The molecule has 0 atom stereocenters. The van der Waals surface area contributed by atoms with Crippen LogP contribution in [-0.4, -0.2) is 17.4 Å². The van der Waals surface area contributed by atoms with Gasteiger partial charge >= 0.3 is 5.91 Å². The minimum Gasteiger partial charge on any atom is -0.285 e. The van der Waals surface area contributed by atoms with E-state index in [1.165, 1.54) is 0 Å². The first-order chi connectivity index (χ1) is 6.22. The fraction of sp³-hybridized carbons (Fsp3) is 0.500. The molecule has 1 heterocycles. The van der Waals surface area contributed by atoms with Crippen molar-refractivity contribution in [3.8, 4) is 11.8 Å². The summed E-state index contributed by atoms with van der Waals surface area (Å²) in [7, 11) is 0. The van der Waals surface area contributed by atoms with Crippen molar-refractivity contribution in [3.05, 3.63) is 0 Å². The molecule has 0 unspecified atom stereocenters. The number of rotatable bonds is 1. The number of amides is 1. The molecule has 0 N–H and O–H groups in total. The van der Waals surface area contributed by atoms with Crippen molar-refractivity contribution in [2.75, 3.05) is 0 Å². The molecule has 0 aliphatic carbocycles. The van der Waals surface area contributed by atoms with Gasteiger partial charge in [-0.1, -0.05) is 6.92 Å². The van der Waals surface area contributed by atoms with Crippen LogP contribution in [0.15, 0.2) is 4.99 Å². The van der Waals surface area contributed by atoms with E-state index >= 15 is 0 Å². The second-order valence-corrected chi connectivity index (χ2v) is 2.86. The topological polar surface area (TPSA) is 46.5 Å². The van der Waals surface area contributed by atoms with Gasteiger partial charge in [-0.3, -0.25) is 9.59 Å². The Kier molecular flexibility index (Phi) is 3.39. The fourth-order valence-corrected chi connectivity index (χ4v) is 1.12. The van der Waals surface area contributed by atoms with Gasteiger partial charge in [-0.2, -0.15) is 0 Å². The zero-order valence-corrected chi connectivity index (χ0v) is 7.59. The van der Waals surface area contributed by atoms with Crippen molar-refractivity contribution in [2.45, 2.75) is 32.6 Å². The summed E-state index contributed by atoms with van der Waals surface area (Å²) >= 11 is 0. The van der Waals surface area contributed by atoms with Crippen molar-refractivity contribution < 1.29 is 9.59 Å². The molecule has 0 bridgehead atoms. The van der Waals surface area contributed by atoms with E-state index in [4.69, 9.17) is 0 Å². The van der Waals surface area contributed by atoms with Crippen molar-refractivity contribution in [3.63, 3.8) is 0 Å². The summed E-state index contributed by atoms with van der Waals surface area (Å²) in [4.78, 5) is 25.7. The maximum absolute atomic E-state index is 11.0. The molecule has 0 aromatic rings. The molecule has 13 heavy (non-hydrogen) atoms. The van der Waals surface area contributed by atoms with Gasteiger partial charge in [0.2, 0.25) is 5.78 Å². The average molecular weight is 177 g/mol. The number of hydrogen-bond acceptors (Lipinski definition) is 2. The average Bonchev–Trinajstić information content (AvgIpc) is 2.19. The van der Waals surface area contributed by atoms with Crippen LogP contribution >= 0.6 is 0 Å². The molecule has 0 aromatic heterocycles. The molecule has 1 aliphatic rings. The van der Waals surface area contributed by atoms with Gasteiger partial charge in [-0.15, -0.1) is 0 Å². The highest BCUT2D eigenvalue weighted by Gasteiger charge is 2.05. The molecule has 1 amide bonds. The molecule has 0 fully saturated rings. The summed E-state index contributed by atoms with van der Waals surface area (Å²) in [5, 5.41) is 0. The fourth-order valence-electron chi connectivity index (χ4n) is 1.12. The molecule has 0 spiro atoms. The second kappa shape index (κ2) is 4.56. The van der Waals surface area contributed by atoms with E-state index < -0.39 is 5.91 Å². The maximum Gasteiger partial charge on any atom is 0.322 e. The van der Waals surface area contributed by atoms with Gasteiger partial charge in [0.25, 0.3) is 0 Å². The predicted molar refractivity (Wildman–Crippen MR) is 49.4 cm³/mol. The first-order valence-electron chi connectivity index (χ1n) is 4.37. The van der Waals surface area contributed by atoms with Crippen LogP contribution in [0.3, 0.4) is 0 Å². The van der Waals surface area contributed by atoms with Gasteiger partial charge in [0.15, 0.2) is 0 Å². The molecular weight excluding hydrogens is 166 g/mol. The minimum absolute atomic E-state index is 0.166. The number of nitrogens with zero attached hydrogens (tertiary/aromatic N) is 1. The molecule has 0 saturated heterocycles. The summed E-state index contributed by atoms with van der Waals surface area (Å²) in [6.45, 7) is 1.94. The summed E-state index contributed by atoms with van der Waals surface area (Å²) in [6, 6.07) is 0. The first kappa shape index (κ1) is 9.66. The minimum atomic E-state index is -0.493. The van der Waals surface area contributed by atoms with Gasteiger partial charge < -0.3 is 0 Å². The van der Waals surface area contributed by atoms with Gasteiger partial charge in [-0.05, 0) is 25.2 Å². The Morgan fingerprint density at radius 1 is 1.31 bits per heavy atom. The number of aliphatic imine (C=N–C) groups is 1. The van der Waals surface area contributed by atoms with E-state index in [0.717, 1.165) is 25.0 Å². The molecule has 3 heteroatoms. The molecule has 3 nitrogen and oxygen atoms in total. The van der Waals surface area contributed by atoms with Crippen LogP contribution in [0.4, 0.5) is 0 Å². The lowest BCUT2D eigenvalue weighted by molar-refractivity contribution is -0.114. The van der Waals surface area contributed by atoms with Crippen LogP contribution in [0.1, 0.15) is 32.6 Å². The highest BCUT2D eigenvalue weighted by molar-refractivity contribution is 6.08. The molecule has 0 aromatic carbocycles. The summed E-state index contributed by atoms with van der Waals surface area (Å²) in [5.74, 6) is 3.83. The molecule has 0 radical (unpaired) electrons. The zero-order chi connectivity index (χ0) is 9.68. The van der Waals surface area contributed by atoms with Crippen LogP contribution in [0.25, 0.3) is 0 Å². The number of ketones is 1. The van der Waals surface area contributed by atoms with Crippen LogP contribution in [-0.2, 0) is 9.59 Å². The Morgan fingerprint density at radius 3 is 2.77 bits per heavy atom. The standard InChI is InChI=1S/C10H11NO2/c1-2-8-4-3-5-9(12)6-7-10(13)11-8/h2-5H2,1H3. The van der Waals surface area contributed by atoms with E-state index in [-0.39, 0.29) is 5.78 Å². The molecule has 1 aliphatic heterocycles. The summed E-state index contributed by atoms with van der Waals surface area (Å²) < 4.78 is 0. The smallest absolute Gasteiger partial charge is 0.285 e. The third-order valence-electron chi connectivity index (χ3n) is 1.85. The molecule has 1 rings (SSSR count). The van der Waals surface area contributed by atoms with Gasteiger partial charge in [0.1, 0.15) is 0 Å². The summed E-state index contributed by atoms with van der Waals surface area (Å²) in [6.07, 6.45) is 2.64. The van der Waals surface area contributed by atoms with E-state index in [0.29, 0.717) is 6.42 Å². The Hall–Kier alpha value is -1.43. The van der Waals surface area contributed by atoms with Crippen molar-refractivity contribution >= 4 is 17.4 Å². The number of carbonyl (C=O) groups is 2. The second-order valence-electron chi connectivity index (χ2n) is 2.86. The van der Waals surface area contributed by atoms with E-state index in [1.807, 2.05) is 6.92 Å². The van der Waals surface area contributed by atoms with Crippen LogP contribution in [0.5, 0.6) is 0 Å². The lowest BCUT2D eigenvalue weighted by atomic mass is 10.1. The maximum atomic E-state index is 11.0. The van der Waals surface area contributed by atoms with Gasteiger partial charge in [-0.25, -0.2) is 4.99 Å². The quantitative estimate of drug-likeness (QED) is 0.445. The van der Waals surface area contributed by atoms with Crippen LogP contribution < -0.4 is 0 Å². The highest BCUT2D eigenvalue weighted by Crippen LogP contribution is 2.03. The Morgan fingerprint density at radius 2 is 2.08 bits per heavy atom. The van der Waals surface area contributed by atoms with Crippen molar-refractivity contribution in [2.24, 2.45) is 4.99 Å². The Balaban J connectivity index is 2.82. The molecule has 0 saturated carbocycles. The van der Waals surface area contributed by atoms with Crippen LogP contribution in [0, 0.1) is 11.8 Å². The van der Waals surface area contributed by atoms with Crippen LogP contribution in [0.2, 0.25) is 0 Å². The first-order valence-corrected chi connectivity index (χ1v) is 4.37. The lowest BCUT2D eigenvalue weighted by Crippen LogP contribution is -2.00. The normalized spacial score (nSPS) is 17.8. The van der Waals surface area contributed by atoms with Gasteiger partial charge in [0.05, 0.1) is 0 Å². The third kappa shape index (κ3) is 3.20. The largest absolute Gasteiger partial charge is 0.322 e. The van der Waals surface area contributed by atoms with Crippen molar-refractivity contribution in [1.82, 2.24) is 0 Å².